The van der Waals surface area contributed by atoms with Crippen molar-refractivity contribution in [3.05, 3.63) is 33.8 Å². The molecule has 0 aromatic heterocycles. The summed E-state index contributed by atoms with van der Waals surface area (Å²) < 4.78 is 5.24. The normalized spacial score (nSPS) is 17.0. The van der Waals surface area contributed by atoms with Crippen LogP contribution in [0, 0.1) is 11.8 Å². The summed E-state index contributed by atoms with van der Waals surface area (Å²) in [5.41, 5.74) is 0.352. The van der Waals surface area contributed by atoms with Gasteiger partial charge in [-0.2, -0.15) is 0 Å². The van der Waals surface area contributed by atoms with Crippen molar-refractivity contribution in [1.82, 2.24) is 5.32 Å². The summed E-state index contributed by atoms with van der Waals surface area (Å²) in [6, 6.07) is 4.54. The topological polar surface area (TPSA) is 75.6 Å². The number of benzene rings is 1. The third kappa shape index (κ3) is 4.35. The van der Waals surface area contributed by atoms with Crippen LogP contribution in [0.2, 0.25) is 10.0 Å². The van der Waals surface area contributed by atoms with Crippen molar-refractivity contribution in [2.45, 2.75) is 12.8 Å². The fourth-order valence-corrected chi connectivity index (χ4v) is 2.81. The van der Waals surface area contributed by atoms with E-state index in [0.717, 1.165) is 0 Å². The summed E-state index contributed by atoms with van der Waals surface area (Å²) in [6.45, 7) is 1.21. The summed E-state index contributed by atoms with van der Waals surface area (Å²) >= 11 is 11.7. The van der Waals surface area contributed by atoms with Crippen molar-refractivity contribution in [3.8, 4) is 0 Å². The second-order valence-electron chi connectivity index (χ2n) is 5.23. The molecule has 0 spiro atoms. The molecule has 2 rings (SSSR count). The Morgan fingerprint density at radius 1 is 1.27 bits per heavy atom. The van der Waals surface area contributed by atoms with Gasteiger partial charge in [0.1, 0.15) is 0 Å². The van der Waals surface area contributed by atoms with Gasteiger partial charge in [0, 0.05) is 25.3 Å². The van der Waals surface area contributed by atoms with Crippen LogP contribution in [-0.2, 0) is 9.53 Å². The molecule has 0 aliphatic carbocycles. The first-order valence-electron chi connectivity index (χ1n) is 7.03. The van der Waals surface area contributed by atoms with E-state index in [-0.39, 0.29) is 23.4 Å². The monoisotopic (exact) mass is 345 g/mol. The van der Waals surface area contributed by atoms with E-state index < -0.39 is 11.9 Å². The molecule has 1 fully saturated rings. The van der Waals surface area contributed by atoms with Crippen LogP contribution in [-0.4, -0.2) is 36.7 Å². The van der Waals surface area contributed by atoms with Gasteiger partial charge in [-0.05, 0) is 37.0 Å². The molecule has 0 bridgehead atoms. The van der Waals surface area contributed by atoms with Gasteiger partial charge < -0.3 is 15.2 Å². The van der Waals surface area contributed by atoms with Gasteiger partial charge in [0.2, 0.25) is 0 Å². The first-order valence-corrected chi connectivity index (χ1v) is 7.78. The lowest BCUT2D eigenvalue weighted by atomic mass is 9.86. The minimum absolute atomic E-state index is 0.0142. The second kappa shape index (κ2) is 7.81. The van der Waals surface area contributed by atoms with Gasteiger partial charge in [-0.25, -0.2) is 0 Å². The van der Waals surface area contributed by atoms with Crippen molar-refractivity contribution < 1.29 is 19.4 Å². The number of carboxylic acid groups (broad SMARTS) is 1. The number of ether oxygens (including phenoxy) is 1. The van der Waals surface area contributed by atoms with Crippen molar-refractivity contribution in [1.29, 1.82) is 0 Å². The third-order valence-corrected chi connectivity index (χ3v) is 4.56. The van der Waals surface area contributed by atoms with Crippen LogP contribution in [0.5, 0.6) is 0 Å². The Labute approximate surface area is 138 Å². The highest BCUT2D eigenvalue weighted by Gasteiger charge is 2.30. The average Bonchev–Trinajstić information content (AvgIpc) is 2.50. The molecule has 5 nitrogen and oxygen atoms in total. The molecule has 1 atom stereocenters. The third-order valence-electron chi connectivity index (χ3n) is 3.82. The zero-order chi connectivity index (χ0) is 16.1. The number of carbonyl (C=O) groups is 2. The molecule has 2 N–H and O–H groups in total. The first kappa shape index (κ1) is 17.1. The smallest absolute Gasteiger partial charge is 0.308 e. The van der Waals surface area contributed by atoms with E-state index in [1.807, 2.05) is 0 Å². The number of aliphatic carboxylic acids is 1. The molecule has 1 heterocycles. The zero-order valence-corrected chi connectivity index (χ0v) is 13.4. The number of nitrogens with one attached hydrogen (secondary N) is 1. The SMILES string of the molecule is O=C(NCC(C(=O)O)C1CCOCC1)c1ccc(Cl)c(Cl)c1. The Bertz CT molecular complexity index is 558. The zero-order valence-electron chi connectivity index (χ0n) is 11.9. The standard InChI is InChI=1S/C15H17Cl2NO4/c16-12-2-1-10(7-13(12)17)14(19)18-8-11(15(20)21)9-3-5-22-6-4-9/h1-2,7,9,11H,3-6,8H2,(H,18,19)(H,20,21). The van der Waals surface area contributed by atoms with E-state index in [9.17, 15) is 14.7 Å². The summed E-state index contributed by atoms with van der Waals surface area (Å²) in [7, 11) is 0. The molecule has 1 aliphatic rings. The fraction of sp³-hybridized carbons (Fsp3) is 0.467. The van der Waals surface area contributed by atoms with Gasteiger partial charge in [-0.1, -0.05) is 23.2 Å². The van der Waals surface area contributed by atoms with Gasteiger partial charge in [-0.3, -0.25) is 9.59 Å². The van der Waals surface area contributed by atoms with Crippen molar-refractivity contribution in [2.75, 3.05) is 19.8 Å². The van der Waals surface area contributed by atoms with Crippen molar-refractivity contribution in [3.63, 3.8) is 0 Å². The van der Waals surface area contributed by atoms with Crippen molar-refractivity contribution >= 4 is 35.1 Å². The highest BCUT2D eigenvalue weighted by molar-refractivity contribution is 6.42. The highest BCUT2D eigenvalue weighted by atomic mass is 35.5. The van der Waals surface area contributed by atoms with Gasteiger partial charge in [0.25, 0.3) is 5.91 Å². The average molecular weight is 346 g/mol. The molecule has 1 aromatic carbocycles. The predicted molar refractivity (Wildman–Crippen MR) is 83.5 cm³/mol. The van der Waals surface area contributed by atoms with Crippen LogP contribution in [0.3, 0.4) is 0 Å². The Morgan fingerprint density at radius 2 is 1.95 bits per heavy atom. The maximum atomic E-state index is 12.1. The lowest BCUT2D eigenvalue weighted by Gasteiger charge is -2.27. The molecule has 1 amide bonds. The largest absolute Gasteiger partial charge is 0.481 e. The number of halogens is 2. The van der Waals surface area contributed by atoms with Gasteiger partial charge >= 0.3 is 5.97 Å². The van der Waals surface area contributed by atoms with E-state index in [2.05, 4.69) is 5.32 Å². The number of amides is 1. The number of hydrogen-bond acceptors (Lipinski definition) is 3. The summed E-state index contributed by atoms with van der Waals surface area (Å²) in [4.78, 5) is 23.5. The molecule has 7 heteroatoms. The number of rotatable bonds is 5. The molecule has 120 valence electrons. The van der Waals surface area contributed by atoms with E-state index in [4.69, 9.17) is 27.9 Å². The number of carbonyl (C=O) groups excluding carboxylic acids is 1. The molecule has 0 saturated carbocycles. The first-order chi connectivity index (χ1) is 10.5. The van der Waals surface area contributed by atoms with Crippen LogP contribution in [0.25, 0.3) is 0 Å². The van der Waals surface area contributed by atoms with Gasteiger partial charge in [-0.15, -0.1) is 0 Å². The Balaban J connectivity index is 1.97. The molecule has 0 radical (unpaired) electrons. The molecular formula is C15H17Cl2NO4. The maximum Gasteiger partial charge on any atom is 0.308 e. The van der Waals surface area contributed by atoms with E-state index in [1.54, 1.807) is 6.07 Å². The molecule has 22 heavy (non-hydrogen) atoms. The Kier molecular flexibility index (Phi) is 6.06. The van der Waals surface area contributed by atoms with Gasteiger partial charge in [0.15, 0.2) is 0 Å². The van der Waals surface area contributed by atoms with E-state index in [0.29, 0.717) is 36.6 Å². The van der Waals surface area contributed by atoms with Crippen LogP contribution in [0.15, 0.2) is 18.2 Å². The van der Waals surface area contributed by atoms with Crippen LogP contribution in [0.1, 0.15) is 23.2 Å². The summed E-state index contributed by atoms with van der Waals surface area (Å²) in [5.74, 6) is -1.87. The van der Waals surface area contributed by atoms with Crippen molar-refractivity contribution in [2.24, 2.45) is 11.8 Å². The quantitative estimate of drug-likeness (QED) is 0.860. The number of hydrogen-bond donors (Lipinski definition) is 2. The highest BCUT2D eigenvalue weighted by Crippen LogP contribution is 2.25. The Hall–Kier alpha value is -1.30. The maximum absolute atomic E-state index is 12.1. The summed E-state index contributed by atoms with van der Waals surface area (Å²) in [5, 5.41) is 12.7. The summed E-state index contributed by atoms with van der Waals surface area (Å²) in [6.07, 6.45) is 1.39. The fourth-order valence-electron chi connectivity index (χ4n) is 2.52. The molecule has 1 saturated heterocycles. The number of carboxylic acids is 1. The molecule has 1 aliphatic heterocycles. The minimum atomic E-state index is -0.902. The second-order valence-corrected chi connectivity index (χ2v) is 6.05. The van der Waals surface area contributed by atoms with Crippen LogP contribution in [0.4, 0.5) is 0 Å². The predicted octanol–water partition coefficient (Wildman–Crippen LogP) is 2.85. The van der Waals surface area contributed by atoms with E-state index >= 15 is 0 Å². The van der Waals surface area contributed by atoms with Gasteiger partial charge in [0.05, 0.1) is 16.0 Å². The minimum Gasteiger partial charge on any atom is -0.481 e. The lowest BCUT2D eigenvalue weighted by molar-refractivity contribution is -0.144. The van der Waals surface area contributed by atoms with Crippen LogP contribution < -0.4 is 5.32 Å². The molecule has 1 unspecified atom stereocenters. The molecule has 1 aromatic rings. The Morgan fingerprint density at radius 3 is 2.55 bits per heavy atom. The lowest BCUT2D eigenvalue weighted by Crippen LogP contribution is -2.39. The molecular weight excluding hydrogens is 329 g/mol. The van der Waals surface area contributed by atoms with Crippen LogP contribution >= 0.6 is 23.2 Å². The van der Waals surface area contributed by atoms with E-state index in [1.165, 1.54) is 12.1 Å².